The van der Waals surface area contributed by atoms with Gasteiger partial charge in [0.2, 0.25) is 0 Å². The molecule has 0 saturated carbocycles. The third kappa shape index (κ3) is 2.62. The van der Waals surface area contributed by atoms with E-state index in [-0.39, 0.29) is 18.0 Å². The number of amides is 1. The van der Waals surface area contributed by atoms with Gasteiger partial charge in [-0.1, -0.05) is 36.0 Å². The largest absolute Gasteiger partial charge is 0.332 e. The number of carbonyl (C=O) groups is 1. The summed E-state index contributed by atoms with van der Waals surface area (Å²) >= 11 is 1.62. The van der Waals surface area contributed by atoms with Gasteiger partial charge in [0.25, 0.3) is 11.5 Å². The number of para-hydroxylation sites is 2. The van der Waals surface area contributed by atoms with Crippen LogP contribution in [0, 0.1) is 0 Å². The molecule has 0 radical (unpaired) electrons. The van der Waals surface area contributed by atoms with Gasteiger partial charge in [0.05, 0.1) is 17.7 Å². The van der Waals surface area contributed by atoms with Gasteiger partial charge >= 0.3 is 5.69 Å². The van der Waals surface area contributed by atoms with Crippen molar-refractivity contribution in [3.8, 4) is 0 Å². The summed E-state index contributed by atoms with van der Waals surface area (Å²) in [5.41, 5.74) is 1.14. The number of rotatable bonds is 2. The fraction of sp³-hybridized carbons (Fsp3) is 0.143. The predicted molar refractivity (Wildman–Crippen MR) is 114 cm³/mol. The Morgan fingerprint density at radius 3 is 2.17 bits per heavy atom. The Labute approximate surface area is 175 Å². The normalized spacial score (nSPS) is 12.7. The molecule has 0 bridgehead atoms. The molecule has 0 unspecified atom stereocenters. The maximum absolute atomic E-state index is 13.5. The molecule has 150 valence electrons. The molecule has 0 spiro atoms. The fourth-order valence-electron chi connectivity index (χ4n) is 3.75. The highest BCUT2D eigenvalue weighted by atomic mass is 32.2. The first-order valence-corrected chi connectivity index (χ1v) is 10.1. The summed E-state index contributed by atoms with van der Waals surface area (Å²) in [5, 5.41) is 0. The topological polar surface area (TPSA) is 82.1 Å². The summed E-state index contributed by atoms with van der Waals surface area (Å²) in [5.74, 6) is -0.192. The molecule has 2 aromatic carbocycles. The van der Waals surface area contributed by atoms with E-state index in [0.29, 0.717) is 5.65 Å². The summed E-state index contributed by atoms with van der Waals surface area (Å²) in [4.78, 5) is 46.1. The first kappa shape index (κ1) is 18.4. The van der Waals surface area contributed by atoms with Gasteiger partial charge in [-0.15, -0.1) is 0 Å². The molecule has 9 heteroatoms. The van der Waals surface area contributed by atoms with Gasteiger partial charge in [-0.2, -0.15) is 0 Å². The van der Waals surface area contributed by atoms with Crippen molar-refractivity contribution >= 4 is 40.2 Å². The van der Waals surface area contributed by atoms with Crippen molar-refractivity contribution in [3.63, 3.8) is 0 Å². The highest BCUT2D eigenvalue weighted by Crippen LogP contribution is 2.47. The number of imidazole rings is 1. The summed E-state index contributed by atoms with van der Waals surface area (Å²) in [6.07, 6.45) is 1.43. The second-order valence-electron chi connectivity index (χ2n) is 7.02. The molecule has 1 aliphatic rings. The van der Waals surface area contributed by atoms with Crippen LogP contribution in [0.1, 0.15) is 0 Å². The van der Waals surface area contributed by atoms with Crippen molar-refractivity contribution in [1.29, 1.82) is 0 Å². The van der Waals surface area contributed by atoms with Crippen molar-refractivity contribution < 1.29 is 4.79 Å². The lowest BCUT2D eigenvalue weighted by Crippen LogP contribution is -2.38. The minimum absolute atomic E-state index is 0.0652. The average Bonchev–Trinajstić information content (AvgIpc) is 3.18. The Bertz CT molecular complexity index is 1400. The van der Waals surface area contributed by atoms with Crippen LogP contribution in [0.2, 0.25) is 0 Å². The molecule has 0 aliphatic carbocycles. The Hall–Kier alpha value is -3.59. The van der Waals surface area contributed by atoms with E-state index in [9.17, 15) is 14.4 Å². The quantitative estimate of drug-likeness (QED) is 0.498. The molecule has 1 aliphatic heterocycles. The number of benzene rings is 2. The van der Waals surface area contributed by atoms with Gasteiger partial charge in [0.15, 0.2) is 5.52 Å². The van der Waals surface area contributed by atoms with E-state index < -0.39 is 11.2 Å². The molecule has 8 nitrogen and oxygen atoms in total. The van der Waals surface area contributed by atoms with E-state index in [2.05, 4.69) is 4.98 Å². The van der Waals surface area contributed by atoms with Crippen LogP contribution in [-0.2, 0) is 25.4 Å². The van der Waals surface area contributed by atoms with E-state index in [1.807, 2.05) is 48.5 Å². The van der Waals surface area contributed by atoms with Crippen LogP contribution < -0.4 is 16.1 Å². The zero-order valence-corrected chi connectivity index (χ0v) is 17.1. The smallest absolute Gasteiger partial charge is 0.307 e. The first-order valence-electron chi connectivity index (χ1n) is 9.27. The highest BCUT2D eigenvalue weighted by Gasteiger charge is 2.28. The highest BCUT2D eigenvalue weighted by molar-refractivity contribution is 7.99. The molecule has 4 aromatic rings. The SMILES string of the molecule is Cn1c(=O)c2ncn(CC(=O)N3c4ccccc4Sc4ccccc43)c2n(C)c1=O. The standard InChI is InChI=1S/C21H17N5O3S/c1-23-19-18(20(28)24(2)21(23)29)22-12-25(19)11-17(27)26-13-7-3-5-9-15(13)30-16-10-6-4-8-14(16)26/h3-10,12H,11H2,1-2H3. The van der Waals surface area contributed by atoms with E-state index in [4.69, 9.17) is 0 Å². The number of hydrogen-bond donors (Lipinski definition) is 0. The van der Waals surface area contributed by atoms with Crippen LogP contribution in [0.15, 0.2) is 74.2 Å². The molecule has 0 saturated heterocycles. The second kappa shape index (κ2) is 6.74. The first-order chi connectivity index (χ1) is 14.5. The number of aromatic nitrogens is 4. The Balaban J connectivity index is 1.63. The third-order valence-corrected chi connectivity index (χ3v) is 6.33. The van der Waals surface area contributed by atoms with Gasteiger partial charge < -0.3 is 4.57 Å². The van der Waals surface area contributed by atoms with E-state index in [0.717, 1.165) is 25.7 Å². The van der Waals surface area contributed by atoms with Crippen LogP contribution in [0.25, 0.3) is 11.2 Å². The predicted octanol–water partition coefficient (Wildman–Crippen LogP) is 2.26. The lowest BCUT2D eigenvalue weighted by atomic mass is 10.2. The zero-order chi connectivity index (χ0) is 21.0. The lowest BCUT2D eigenvalue weighted by molar-refractivity contribution is -0.118. The molecular formula is C21H17N5O3S. The Kier molecular flexibility index (Phi) is 4.14. The van der Waals surface area contributed by atoms with Gasteiger partial charge in [-0.25, -0.2) is 9.78 Å². The molecule has 30 heavy (non-hydrogen) atoms. The van der Waals surface area contributed by atoms with Crippen molar-refractivity contribution in [2.45, 2.75) is 16.3 Å². The molecule has 0 fully saturated rings. The van der Waals surface area contributed by atoms with Crippen molar-refractivity contribution in [3.05, 3.63) is 75.7 Å². The van der Waals surface area contributed by atoms with Crippen molar-refractivity contribution in [2.75, 3.05) is 4.90 Å². The molecular weight excluding hydrogens is 402 g/mol. The van der Waals surface area contributed by atoms with Crippen molar-refractivity contribution in [1.82, 2.24) is 18.7 Å². The van der Waals surface area contributed by atoms with Crippen LogP contribution >= 0.6 is 11.8 Å². The minimum Gasteiger partial charge on any atom is -0.307 e. The van der Waals surface area contributed by atoms with Gasteiger partial charge in [-0.05, 0) is 24.3 Å². The molecule has 2 aromatic heterocycles. The third-order valence-electron chi connectivity index (χ3n) is 5.20. The number of carbonyl (C=O) groups excluding carboxylic acids is 1. The average molecular weight is 419 g/mol. The maximum Gasteiger partial charge on any atom is 0.332 e. The van der Waals surface area contributed by atoms with E-state index >= 15 is 0 Å². The van der Waals surface area contributed by atoms with Crippen LogP contribution in [0.4, 0.5) is 11.4 Å². The number of anilines is 2. The zero-order valence-electron chi connectivity index (χ0n) is 16.3. The van der Waals surface area contributed by atoms with Crippen molar-refractivity contribution in [2.24, 2.45) is 14.1 Å². The number of fused-ring (bicyclic) bond motifs is 3. The summed E-state index contributed by atoms with van der Waals surface area (Å²) in [6, 6.07) is 15.5. The molecule has 1 amide bonds. The summed E-state index contributed by atoms with van der Waals surface area (Å²) in [7, 11) is 2.97. The number of nitrogens with zero attached hydrogens (tertiary/aromatic N) is 5. The second-order valence-corrected chi connectivity index (χ2v) is 8.10. The minimum atomic E-state index is -0.482. The van der Waals surface area contributed by atoms with Gasteiger partial charge in [0.1, 0.15) is 12.2 Å². The van der Waals surface area contributed by atoms with E-state index in [1.165, 1.54) is 17.9 Å². The molecule has 5 rings (SSSR count). The summed E-state index contributed by atoms with van der Waals surface area (Å²) in [6.45, 7) is -0.0652. The fourth-order valence-corrected chi connectivity index (χ4v) is 4.80. The van der Waals surface area contributed by atoms with Gasteiger partial charge in [-0.3, -0.25) is 23.6 Å². The number of hydrogen-bond acceptors (Lipinski definition) is 5. The Morgan fingerprint density at radius 2 is 1.53 bits per heavy atom. The van der Waals surface area contributed by atoms with Crippen LogP contribution in [-0.4, -0.2) is 24.6 Å². The van der Waals surface area contributed by atoms with Crippen LogP contribution in [0.3, 0.4) is 0 Å². The molecule has 0 atom stereocenters. The molecule has 3 heterocycles. The number of aryl methyl sites for hydroxylation is 1. The van der Waals surface area contributed by atoms with Crippen LogP contribution in [0.5, 0.6) is 0 Å². The summed E-state index contributed by atoms with van der Waals surface area (Å²) < 4.78 is 3.90. The Morgan fingerprint density at radius 1 is 0.933 bits per heavy atom. The molecule has 0 N–H and O–H groups in total. The lowest BCUT2D eigenvalue weighted by Gasteiger charge is -2.31. The monoisotopic (exact) mass is 419 g/mol. The maximum atomic E-state index is 13.5. The van der Waals surface area contributed by atoms with E-state index in [1.54, 1.807) is 28.3 Å². The van der Waals surface area contributed by atoms with Gasteiger partial charge in [0, 0.05) is 23.9 Å².